The van der Waals surface area contributed by atoms with Gasteiger partial charge in [-0.25, -0.2) is 4.79 Å². The molecule has 1 aromatic heterocycles. The molecule has 0 radical (unpaired) electrons. The summed E-state index contributed by atoms with van der Waals surface area (Å²) in [5, 5.41) is 3.05. The minimum absolute atomic E-state index is 0.369. The molecule has 84 valence electrons. The lowest BCUT2D eigenvalue weighted by Crippen LogP contribution is -2.47. The Labute approximate surface area is 97.1 Å². The molecule has 5 heteroatoms. The Bertz CT molecular complexity index is 350. The summed E-state index contributed by atoms with van der Waals surface area (Å²) in [6, 6.07) is 3.48. The van der Waals surface area contributed by atoms with E-state index in [-0.39, 0.29) is 5.97 Å². The number of nitrogens with one attached hydrogen (secondary N) is 1. The highest BCUT2D eigenvalue weighted by atomic mass is 79.9. The molecular formula is C10H14BrNO3. The lowest BCUT2D eigenvalue weighted by atomic mass is 9.99. The maximum atomic E-state index is 11.7. The van der Waals surface area contributed by atoms with Crippen LogP contribution in [0, 0.1) is 0 Å². The fourth-order valence-corrected chi connectivity index (χ4v) is 1.71. The number of likely N-dealkylation sites (N-methyl/N-ethyl adjacent to an activating group) is 1. The van der Waals surface area contributed by atoms with Crippen LogP contribution in [0.5, 0.6) is 0 Å². The molecule has 0 saturated carbocycles. The fraction of sp³-hybridized carbons (Fsp3) is 0.500. The summed E-state index contributed by atoms with van der Waals surface area (Å²) in [4.78, 5) is 11.7. The third kappa shape index (κ3) is 2.41. The lowest BCUT2D eigenvalue weighted by Gasteiger charge is -2.24. The molecule has 0 amide bonds. The summed E-state index contributed by atoms with van der Waals surface area (Å²) in [5.41, 5.74) is -0.935. The molecule has 0 spiro atoms. The highest BCUT2D eigenvalue weighted by Gasteiger charge is 2.38. The summed E-state index contributed by atoms with van der Waals surface area (Å²) in [6.07, 6.45) is 0. The zero-order chi connectivity index (χ0) is 11.5. The van der Waals surface area contributed by atoms with Crippen LogP contribution in [0.1, 0.15) is 19.6 Å². The predicted octanol–water partition coefficient (Wildman–Crippen LogP) is 2.04. The molecular weight excluding hydrogens is 262 g/mol. The van der Waals surface area contributed by atoms with Crippen molar-refractivity contribution in [3.63, 3.8) is 0 Å². The molecule has 0 aromatic carbocycles. The average molecular weight is 276 g/mol. The third-order valence-electron chi connectivity index (χ3n) is 2.19. The Balaban J connectivity index is 3.05. The first kappa shape index (κ1) is 12.3. The zero-order valence-electron chi connectivity index (χ0n) is 8.96. The van der Waals surface area contributed by atoms with E-state index in [1.165, 1.54) is 7.11 Å². The number of esters is 1. The summed E-state index contributed by atoms with van der Waals surface area (Å²) < 4.78 is 10.7. The number of hydrogen-bond donors (Lipinski definition) is 1. The first-order valence-electron chi connectivity index (χ1n) is 4.64. The molecule has 1 heterocycles. The molecule has 4 nitrogen and oxygen atoms in total. The van der Waals surface area contributed by atoms with Gasteiger partial charge in [0.15, 0.2) is 10.2 Å². The van der Waals surface area contributed by atoms with Gasteiger partial charge < -0.3 is 9.15 Å². The molecule has 1 unspecified atom stereocenters. The number of hydrogen-bond acceptors (Lipinski definition) is 4. The number of halogens is 1. The number of furan rings is 1. The first-order chi connectivity index (χ1) is 7.04. The molecule has 1 atom stereocenters. The number of methoxy groups -OCH3 is 1. The van der Waals surface area contributed by atoms with E-state index < -0.39 is 5.54 Å². The van der Waals surface area contributed by atoms with Gasteiger partial charge in [-0.1, -0.05) is 6.92 Å². The van der Waals surface area contributed by atoms with E-state index in [1.807, 2.05) is 6.92 Å². The van der Waals surface area contributed by atoms with Crippen LogP contribution in [-0.2, 0) is 15.1 Å². The van der Waals surface area contributed by atoms with Crippen molar-refractivity contribution in [1.29, 1.82) is 0 Å². The first-order valence-corrected chi connectivity index (χ1v) is 5.43. The number of carbonyl (C=O) groups excluding carboxylic acids is 1. The van der Waals surface area contributed by atoms with Crippen LogP contribution in [0.2, 0.25) is 0 Å². The number of ether oxygens (including phenoxy) is 1. The molecule has 0 aliphatic heterocycles. The van der Waals surface area contributed by atoms with Crippen molar-refractivity contribution in [1.82, 2.24) is 5.32 Å². The second-order valence-corrected chi connectivity index (χ2v) is 4.03. The monoisotopic (exact) mass is 275 g/mol. The molecule has 0 aliphatic rings. The quantitative estimate of drug-likeness (QED) is 0.855. The Hall–Kier alpha value is -0.810. The topological polar surface area (TPSA) is 51.5 Å². The van der Waals surface area contributed by atoms with Gasteiger partial charge in [-0.3, -0.25) is 5.32 Å². The van der Waals surface area contributed by atoms with Crippen LogP contribution in [0.4, 0.5) is 0 Å². The minimum atomic E-state index is -0.935. The molecule has 15 heavy (non-hydrogen) atoms. The van der Waals surface area contributed by atoms with E-state index >= 15 is 0 Å². The Morgan fingerprint density at radius 1 is 1.67 bits per heavy atom. The largest absolute Gasteiger partial charge is 0.467 e. The molecule has 1 N–H and O–H groups in total. The van der Waals surface area contributed by atoms with Crippen molar-refractivity contribution in [2.75, 3.05) is 13.7 Å². The van der Waals surface area contributed by atoms with Crippen LogP contribution >= 0.6 is 15.9 Å². The van der Waals surface area contributed by atoms with Crippen molar-refractivity contribution in [2.24, 2.45) is 0 Å². The highest BCUT2D eigenvalue weighted by molar-refractivity contribution is 9.10. The SMILES string of the molecule is CCNC(C)(C(=O)OC)c1ccc(Br)o1. The van der Waals surface area contributed by atoms with Gasteiger partial charge in [0.05, 0.1) is 7.11 Å². The van der Waals surface area contributed by atoms with E-state index in [9.17, 15) is 4.79 Å². The molecule has 0 fully saturated rings. The smallest absolute Gasteiger partial charge is 0.333 e. The lowest BCUT2D eigenvalue weighted by molar-refractivity contribution is -0.149. The van der Waals surface area contributed by atoms with Gasteiger partial charge in [0.2, 0.25) is 0 Å². The van der Waals surface area contributed by atoms with E-state index in [4.69, 9.17) is 9.15 Å². The molecule has 1 aromatic rings. The Kier molecular flexibility index (Phi) is 3.93. The van der Waals surface area contributed by atoms with E-state index in [2.05, 4.69) is 21.2 Å². The van der Waals surface area contributed by atoms with Gasteiger partial charge in [-0.2, -0.15) is 0 Å². The molecule has 0 aliphatic carbocycles. The van der Waals surface area contributed by atoms with Crippen LogP contribution in [-0.4, -0.2) is 19.6 Å². The van der Waals surface area contributed by atoms with Gasteiger partial charge in [-0.15, -0.1) is 0 Å². The number of rotatable bonds is 4. The van der Waals surface area contributed by atoms with Crippen molar-refractivity contribution >= 4 is 21.9 Å². The third-order valence-corrected chi connectivity index (χ3v) is 2.62. The van der Waals surface area contributed by atoms with Crippen LogP contribution in [0.25, 0.3) is 0 Å². The normalized spacial score (nSPS) is 14.7. The van der Waals surface area contributed by atoms with Gasteiger partial charge in [0, 0.05) is 0 Å². The van der Waals surface area contributed by atoms with E-state index in [0.29, 0.717) is 17.0 Å². The summed E-state index contributed by atoms with van der Waals surface area (Å²) in [5.74, 6) is 0.161. The van der Waals surface area contributed by atoms with Crippen LogP contribution in [0.3, 0.4) is 0 Å². The highest BCUT2D eigenvalue weighted by Crippen LogP contribution is 2.26. The second kappa shape index (κ2) is 4.81. The average Bonchev–Trinajstić information content (AvgIpc) is 2.64. The van der Waals surface area contributed by atoms with E-state index in [1.54, 1.807) is 19.1 Å². The fourth-order valence-electron chi connectivity index (χ4n) is 1.40. The maximum absolute atomic E-state index is 11.7. The van der Waals surface area contributed by atoms with Crippen LogP contribution < -0.4 is 5.32 Å². The van der Waals surface area contributed by atoms with Gasteiger partial charge in [0.1, 0.15) is 5.76 Å². The summed E-state index contributed by atoms with van der Waals surface area (Å²) in [6.45, 7) is 4.29. The zero-order valence-corrected chi connectivity index (χ0v) is 10.6. The van der Waals surface area contributed by atoms with Gasteiger partial charge in [0.25, 0.3) is 0 Å². The van der Waals surface area contributed by atoms with Crippen molar-refractivity contribution in [3.05, 3.63) is 22.6 Å². The summed E-state index contributed by atoms with van der Waals surface area (Å²) >= 11 is 3.20. The summed E-state index contributed by atoms with van der Waals surface area (Å²) in [7, 11) is 1.36. The van der Waals surface area contributed by atoms with Crippen LogP contribution in [0.15, 0.2) is 21.2 Å². The van der Waals surface area contributed by atoms with Gasteiger partial charge >= 0.3 is 5.97 Å². The maximum Gasteiger partial charge on any atom is 0.333 e. The molecule has 1 rings (SSSR count). The minimum Gasteiger partial charge on any atom is -0.467 e. The number of carbonyl (C=O) groups is 1. The predicted molar refractivity (Wildman–Crippen MR) is 59.5 cm³/mol. The van der Waals surface area contributed by atoms with E-state index in [0.717, 1.165) is 0 Å². The second-order valence-electron chi connectivity index (χ2n) is 3.25. The van der Waals surface area contributed by atoms with Crippen molar-refractivity contribution < 1.29 is 13.9 Å². The van der Waals surface area contributed by atoms with Crippen molar-refractivity contribution in [2.45, 2.75) is 19.4 Å². The Morgan fingerprint density at radius 2 is 2.33 bits per heavy atom. The standard InChI is InChI=1S/C10H14BrNO3/c1-4-12-10(2,9(13)14-3)7-5-6-8(11)15-7/h5-6,12H,4H2,1-3H3. The molecule has 0 saturated heterocycles. The molecule has 0 bridgehead atoms. The Morgan fingerprint density at radius 3 is 2.73 bits per heavy atom. The van der Waals surface area contributed by atoms with Crippen molar-refractivity contribution in [3.8, 4) is 0 Å². The van der Waals surface area contributed by atoms with Gasteiger partial charge in [-0.05, 0) is 41.5 Å².